The van der Waals surface area contributed by atoms with E-state index in [4.69, 9.17) is 9.47 Å². The van der Waals surface area contributed by atoms with Crippen molar-refractivity contribution in [1.29, 1.82) is 0 Å². The van der Waals surface area contributed by atoms with Crippen molar-refractivity contribution in [3.63, 3.8) is 0 Å². The van der Waals surface area contributed by atoms with E-state index in [0.717, 1.165) is 17.1 Å². The molecule has 2 aromatic rings. The first-order chi connectivity index (χ1) is 11.6. The van der Waals surface area contributed by atoms with Gasteiger partial charge in [0, 0.05) is 17.5 Å². The molecule has 0 fully saturated rings. The molecule has 0 saturated carbocycles. The summed E-state index contributed by atoms with van der Waals surface area (Å²) in [5.41, 5.74) is 0.713. The van der Waals surface area contributed by atoms with Gasteiger partial charge in [-0.15, -0.1) is 11.8 Å². The molecule has 7 heteroatoms. The lowest BCUT2D eigenvalue weighted by molar-refractivity contribution is 0.392. The Kier molecular flexibility index (Phi) is 4.91. The zero-order valence-corrected chi connectivity index (χ0v) is 15.2. The van der Waals surface area contributed by atoms with Gasteiger partial charge < -0.3 is 9.47 Å². The third kappa shape index (κ3) is 3.06. The summed E-state index contributed by atoms with van der Waals surface area (Å²) in [6, 6.07) is 12.4. The highest BCUT2D eigenvalue weighted by molar-refractivity contribution is 7.99. The van der Waals surface area contributed by atoms with E-state index in [0.29, 0.717) is 23.7 Å². The maximum atomic E-state index is 13.3. The van der Waals surface area contributed by atoms with Crippen molar-refractivity contribution in [3.8, 4) is 11.5 Å². The molecule has 2 aromatic carbocycles. The molecule has 1 heterocycles. The van der Waals surface area contributed by atoms with E-state index in [1.54, 1.807) is 23.9 Å². The van der Waals surface area contributed by atoms with Gasteiger partial charge in [-0.05, 0) is 36.4 Å². The van der Waals surface area contributed by atoms with Gasteiger partial charge in [0.15, 0.2) is 0 Å². The van der Waals surface area contributed by atoms with Gasteiger partial charge in [0.05, 0.1) is 19.9 Å². The Hall–Kier alpha value is -1.86. The first-order valence-corrected chi connectivity index (χ1v) is 9.97. The van der Waals surface area contributed by atoms with Crippen LogP contribution in [0.25, 0.3) is 0 Å². The minimum atomic E-state index is -3.76. The quantitative estimate of drug-likeness (QED) is 0.831. The number of hydrogen-bond acceptors (Lipinski definition) is 5. The van der Waals surface area contributed by atoms with Crippen LogP contribution in [0.3, 0.4) is 0 Å². The summed E-state index contributed by atoms with van der Waals surface area (Å²) in [6.45, 7) is 0.437. The largest absolute Gasteiger partial charge is 0.497 e. The van der Waals surface area contributed by atoms with Crippen LogP contribution >= 0.6 is 11.8 Å². The van der Waals surface area contributed by atoms with Crippen LogP contribution in [0.5, 0.6) is 11.5 Å². The summed E-state index contributed by atoms with van der Waals surface area (Å²) in [5, 5.41) is 0. The van der Waals surface area contributed by atoms with Crippen molar-refractivity contribution in [1.82, 2.24) is 0 Å². The van der Waals surface area contributed by atoms with Crippen LogP contribution in [0.4, 0.5) is 5.69 Å². The predicted molar refractivity (Wildman–Crippen MR) is 95.9 cm³/mol. The second-order valence-electron chi connectivity index (χ2n) is 5.26. The van der Waals surface area contributed by atoms with Crippen LogP contribution in [-0.4, -0.2) is 34.9 Å². The summed E-state index contributed by atoms with van der Waals surface area (Å²) in [5.74, 6) is 1.68. The molecular weight excluding hydrogens is 346 g/mol. The Bertz CT molecular complexity index is 836. The van der Waals surface area contributed by atoms with E-state index < -0.39 is 10.0 Å². The zero-order valence-electron chi connectivity index (χ0n) is 13.6. The van der Waals surface area contributed by atoms with Gasteiger partial charge in [-0.3, -0.25) is 4.31 Å². The highest BCUT2D eigenvalue weighted by Gasteiger charge is 2.31. The highest BCUT2D eigenvalue weighted by atomic mass is 32.2. The minimum absolute atomic E-state index is 0.117. The maximum Gasteiger partial charge on any atom is 0.268 e. The fourth-order valence-electron chi connectivity index (χ4n) is 2.65. The van der Waals surface area contributed by atoms with E-state index in [9.17, 15) is 8.42 Å². The molecule has 1 aliphatic rings. The van der Waals surface area contributed by atoms with Crippen molar-refractivity contribution < 1.29 is 17.9 Å². The standard InChI is InChI=1S/C17H19NO4S2/c1-21-13-8-9-15(22-2)17(12-13)24(19,20)18-10-5-11-23-16-7-4-3-6-14(16)18/h3-4,6-9,12H,5,10-11H2,1-2H3. The summed E-state index contributed by atoms with van der Waals surface area (Å²) < 4.78 is 38.6. The fraction of sp³-hybridized carbons (Fsp3) is 0.294. The van der Waals surface area contributed by atoms with Gasteiger partial charge in [0.25, 0.3) is 10.0 Å². The van der Waals surface area contributed by atoms with Crippen molar-refractivity contribution in [2.75, 3.05) is 30.8 Å². The monoisotopic (exact) mass is 365 g/mol. The lowest BCUT2D eigenvalue weighted by Crippen LogP contribution is -2.32. The van der Waals surface area contributed by atoms with E-state index >= 15 is 0 Å². The Morgan fingerprint density at radius 3 is 2.62 bits per heavy atom. The first-order valence-electron chi connectivity index (χ1n) is 7.54. The molecule has 0 atom stereocenters. The van der Waals surface area contributed by atoms with Crippen LogP contribution in [0.1, 0.15) is 6.42 Å². The average Bonchev–Trinajstić information content (AvgIpc) is 2.84. The molecule has 0 aromatic heterocycles. The number of fused-ring (bicyclic) bond motifs is 1. The van der Waals surface area contributed by atoms with Gasteiger partial charge >= 0.3 is 0 Å². The topological polar surface area (TPSA) is 55.8 Å². The third-order valence-corrected chi connectivity index (χ3v) is 6.82. The van der Waals surface area contributed by atoms with Crippen LogP contribution in [0.2, 0.25) is 0 Å². The predicted octanol–water partition coefficient (Wildman–Crippen LogP) is 3.39. The van der Waals surface area contributed by atoms with Gasteiger partial charge in [0.1, 0.15) is 16.4 Å². The molecule has 0 amide bonds. The molecular formula is C17H19NO4S2. The van der Waals surface area contributed by atoms with E-state index in [-0.39, 0.29) is 4.90 Å². The Morgan fingerprint density at radius 2 is 1.88 bits per heavy atom. The molecule has 0 radical (unpaired) electrons. The number of anilines is 1. The van der Waals surface area contributed by atoms with Crippen LogP contribution < -0.4 is 13.8 Å². The molecule has 0 N–H and O–H groups in total. The third-order valence-electron chi connectivity index (χ3n) is 3.84. The fourth-order valence-corrected chi connectivity index (χ4v) is 5.40. The number of para-hydroxylation sites is 1. The smallest absolute Gasteiger partial charge is 0.268 e. The molecule has 1 aliphatic heterocycles. The molecule has 0 spiro atoms. The van der Waals surface area contributed by atoms with Crippen LogP contribution in [-0.2, 0) is 10.0 Å². The number of thioether (sulfide) groups is 1. The first kappa shape index (κ1) is 17.0. The Balaban J connectivity index is 2.15. The van der Waals surface area contributed by atoms with E-state index in [1.165, 1.54) is 24.6 Å². The number of sulfonamides is 1. The van der Waals surface area contributed by atoms with Crippen molar-refractivity contribution in [2.24, 2.45) is 0 Å². The lowest BCUT2D eigenvalue weighted by Gasteiger charge is -2.25. The molecule has 0 unspecified atom stereocenters. The Labute approximate surface area is 146 Å². The summed E-state index contributed by atoms with van der Waals surface area (Å²) >= 11 is 1.68. The minimum Gasteiger partial charge on any atom is -0.497 e. The van der Waals surface area contributed by atoms with Crippen molar-refractivity contribution in [2.45, 2.75) is 16.2 Å². The number of methoxy groups -OCH3 is 2. The second-order valence-corrected chi connectivity index (χ2v) is 8.23. The number of nitrogens with zero attached hydrogens (tertiary/aromatic N) is 1. The van der Waals surface area contributed by atoms with Crippen molar-refractivity contribution in [3.05, 3.63) is 42.5 Å². The number of hydrogen-bond donors (Lipinski definition) is 0. The number of rotatable bonds is 4. The number of ether oxygens (including phenoxy) is 2. The molecule has 3 rings (SSSR count). The van der Waals surface area contributed by atoms with Gasteiger partial charge in [0.2, 0.25) is 0 Å². The van der Waals surface area contributed by atoms with Gasteiger partial charge in [-0.1, -0.05) is 12.1 Å². The summed E-state index contributed by atoms with van der Waals surface area (Å²) in [4.78, 5) is 1.09. The molecule has 0 bridgehead atoms. The Morgan fingerprint density at radius 1 is 1.08 bits per heavy atom. The van der Waals surface area contributed by atoms with Crippen LogP contribution in [0.15, 0.2) is 52.3 Å². The van der Waals surface area contributed by atoms with E-state index in [2.05, 4.69) is 0 Å². The van der Waals surface area contributed by atoms with Gasteiger partial charge in [-0.2, -0.15) is 0 Å². The maximum absolute atomic E-state index is 13.3. The highest BCUT2D eigenvalue weighted by Crippen LogP contribution is 2.39. The van der Waals surface area contributed by atoms with E-state index in [1.807, 2.05) is 24.3 Å². The van der Waals surface area contributed by atoms with Crippen molar-refractivity contribution >= 4 is 27.5 Å². The molecule has 0 aliphatic carbocycles. The second kappa shape index (κ2) is 6.94. The molecule has 5 nitrogen and oxygen atoms in total. The normalized spacial score (nSPS) is 14.7. The number of benzene rings is 2. The lowest BCUT2D eigenvalue weighted by atomic mass is 10.3. The SMILES string of the molecule is COc1ccc(OC)c(S(=O)(=O)N2CCCSc3ccccc32)c1. The van der Waals surface area contributed by atoms with Crippen LogP contribution in [0, 0.1) is 0 Å². The molecule has 128 valence electrons. The average molecular weight is 365 g/mol. The zero-order chi connectivity index (χ0) is 17.2. The summed E-state index contributed by atoms with van der Waals surface area (Å²) in [6.07, 6.45) is 0.783. The van der Waals surface area contributed by atoms with Gasteiger partial charge in [-0.25, -0.2) is 8.42 Å². The summed E-state index contributed by atoms with van der Waals surface area (Å²) in [7, 11) is -0.784. The molecule has 24 heavy (non-hydrogen) atoms. The molecule has 0 saturated heterocycles.